The van der Waals surface area contributed by atoms with Gasteiger partial charge in [0.2, 0.25) is 0 Å². The topological polar surface area (TPSA) is 3.24 Å². The minimum atomic E-state index is 0.275. The van der Waals surface area contributed by atoms with Crippen LogP contribution in [0.1, 0.15) is 59.2 Å². The molecule has 1 heteroatoms. The van der Waals surface area contributed by atoms with Gasteiger partial charge in [-0.1, -0.05) is 61.4 Å². The molecule has 0 N–H and O–H groups in total. The summed E-state index contributed by atoms with van der Waals surface area (Å²) in [5.74, 6) is 0.519. The van der Waals surface area contributed by atoms with Gasteiger partial charge < -0.3 is 4.90 Å². The largest absolute Gasteiger partial charge is 0.370 e. The van der Waals surface area contributed by atoms with Gasteiger partial charge >= 0.3 is 0 Å². The number of rotatable bonds is 3. The first kappa shape index (κ1) is 17.5. The summed E-state index contributed by atoms with van der Waals surface area (Å²) in [5.41, 5.74) is 9.56. The summed E-state index contributed by atoms with van der Waals surface area (Å²) in [6.45, 7) is 11.2. The molecular weight excluding hydrogens is 302 g/mol. The van der Waals surface area contributed by atoms with E-state index in [9.17, 15) is 0 Å². The van der Waals surface area contributed by atoms with E-state index >= 15 is 0 Å². The summed E-state index contributed by atoms with van der Waals surface area (Å²) in [5, 5.41) is 0. The van der Waals surface area contributed by atoms with Gasteiger partial charge in [0.05, 0.1) is 6.04 Å². The van der Waals surface area contributed by atoms with E-state index in [1.807, 2.05) is 0 Å². The Bertz CT molecular complexity index is 839. The summed E-state index contributed by atoms with van der Waals surface area (Å²) < 4.78 is 0. The summed E-state index contributed by atoms with van der Waals surface area (Å²) in [6, 6.07) is 13.7. The number of aryl methyl sites for hydroxylation is 3. The molecule has 3 rings (SSSR count). The van der Waals surface area contributed by atoms with Crippen molar-refractivity contribution in [3.63, 3.8) is 0 Å². The van der Waals surface area contributed by atoms with Crippen LogP contribution in [0.4, 0.5) is 0 Å². The second-order valence-corrected chi connectivity index (χ2v) is 7.66. The van der Waals surface area contributed by atoms with Gasteiger partial charge in [-0.25, -0.2) is 0 Å². The van der Waals surface area contributed by atoms with E-state index in [0.717, 1.165) is 0 Å². The van der Waals surface area contributed by atoms with Crippen LogP contribution in [-0.4, -0.2) is 11.9 Å². The molecule has 2 aromatic carbocycles. The highest BCUT2D eigenvalue weighted by molar-refractivity contribution is 5.76. The van der Waals surface area contributed by atoms with Crippen LogP contribution in [0.3, 0.4) is 0 Å². The third-order valence-corrected chi connectivity index (χ3v) is 5.08. The van der Waals surface area contributed by atoms with Crippen molar-refractivity contribution in [1.29, 1.82) is 0 Å². The molecule has 1 aliphatic rings. The number of likely N-dealkylation sites (N-methyl/N-ethyl adjacent to an activating group) is 1. The van der Waals surface area contributed by atoms with Gasteiger partial charge in [-0.2, -0.15) is 0 Å². The predicted molar refractivity (Wildman–Crippen MR) is 109 cm³/mol. The van der Waals surface area contributed by atoms with Crippen LogP contribution in [-0.2, 0) is 0 Å². The molecule has 0 fully saturated rings. The molecule has 25 heavy (non-hydrogen) atoms. The average Bonchev–Trinajstić information content (AvgIpc) is 2.54. The van der Waals surface area contributed by atoms with Crippen LogP contribution in [0.5, 0.6) is 0 Å². The van der Waals surface area contributed by atoms with Gasteiger partial charge in [0.15, 0.2) is 0 Å². The van der Waals surface area contributed by atoms with Crippen LogP contribution in [0.25, 0.3) is 5.57 Å². The monoisotopic (exact) mass is 331 g/mol. The molecule has 0 saturated carbocycles. The Hall–Kier alpha value is -2.28. The molecule has 1 nitrogen and oxygen atoms in total. The maximum Gasteiger partial charge on any atom is 0.0729 e. The second kappa shape index (κ2) is 6.92. The molecule has 0 aromatic heterocycles. The minimum absolute atomic E-state index is 0.275. The molecule has 1 heterocycles. The van der Waals surface area contributed by atoms with Crippen LogP contribution in [0, 0.1) is 20.8 Å². The summed E-state index contributed by atoms with van der Waals surface area (Å²) in [4.78, 5) is 2.32. The third-order valence-electron chi connectivity index (χ3n) is 5.08. The Balaban J connectivity index is 2.12. The fourth-order valence-electron chi connectivity index (χ4n) is 4.01. The van der Waals surface area contributed by atoms with E-state index < -0.39 is 0 Å². The Morgan fingerprint density at radius 3 is 2.40 bits per heavy atom. The summed E-state index contributed by atoms with van der Waals surface area (Å²) in [7, 11) is 2.17. The van der Waals surface area contributed by atoms with Crippen LogP contribution >= 0.6 is 0 Å². The lowest BCUT2D eigenvalue weighted by Crippen LogP contribution is -2.22. The molecule has 1 aliphatic heterocycles. The zero-order valence-electron chi connectivity index (χ0n) is 16.3. The van der Waals surface area contributed by atoms with Crippen molar-refractivity contribution in [2.75, 3.05) is 7.05 Å². The number of hydrogen-bond donors (Lipinski definition) is 0. The van der Waals surface area contributed by atoms with Gasteiger partial charge in [-0.3, -0.25) is 0 Å². The van der Waals surface area contributed by atoms with E-state index in [1.165, 1.54) is 39.0 Å². The van der Waals surface area contributed by atoms with Crippen molar-refractivity contribution in [2.45, 2.75) is 46.6 Å². The van der Waals surface area contributed by atoms with Gasteiger partial charge in [0, 0.05) is 13.2 Å². The highest BCUT2D eigenvalue weighted by Crippen LogP contribution is 2.37. The Kier molecular flexibility index (Phi) is 4.85. The maximum atomic E-state index is 2.41. The van der Waals surface area contributed by atoms with Crippen LogP contribution < -0.4 is 0 Å². The number of allylic oxidation sites excluding steroid dienone is 2. The second-order valence-electron chi connectivity index (χ2n) is 7.66. The van der Waals surface area contributed by atoms with Crippen LogP contribution in [0.2, 0.25) is 0 Å². The van der Waals surface area contributed by atoms with Gasteiger partial charge in [0.1, 0.15) is 0 Å². The zero-order valence-corrected chi connectivity index (χ0v) is 16.3. The van der Waals surface area contributed by atoms with Crippen LogP contribution in [0.15, 0.2) is 54.8 Å². The molecule has 0 radical (unpaired) electrons. The number of nitrogens with zero attached hydrogens (tertiary/aromatic N) is 1. The van der Waals surface area contributed by atoms with E-state index in [1.54, 1.807) is 0 Å². The van der Waals surface area contributed by atoms with E-state index in [2.05, 4.69) is 101 Å². The maximum absolute atomic E-state index is 2.41. The van der Waals surface area contributed by atoms with Crippen molar-refractivity contribution in [3.8, 4) is 0 Å². The first-order valence-electron chi connectivity index (χ1n) is 9.17. The predicted octanol–water partition coefficient (Wildman–Crippen LogP) is 6.32. The van der Waals surface area contributed by atoms with Gasteiger partial charge in [-0.05, 0) is 66.7 Å². The SMILES string of the molecule is Cc1cccc(C2=CC(c3cc(C)cc(C)c3C(C)C)N(C)C=C2)c1. The smallest absolute Gasteiger partial charge is 0.0729 e. The summed E-state index contributed by atoms with van der Waals surface area (Å²) in [6.07, 6.45) is 6.85. The van der Waals surface area contributed by atoms with Gasteiger partial charge in [-0.15, -0.1) is 0 Å². The van der Waals surface area contributed by atoms with Crippen molar-refractivity contribution >= 4 is 5.57 Å². The Labute approximate surface area is 152 Å². The lowest BCUT2D eigenvalue weighted by molar-refractivity contribution is 0.388. The molecule has 0 saturated heterocycles. The van der Waals surface area contributed by atoms with E-state index in [0.29, 0.717) is 5.92 Å². The molecule has 0 bridgehead atoms. The number of hydrogen-bond acceptors (Lipinski definition) is 1. The van der Waals surface area contributed by atoms with Gasteiger partial charge in [0.25, 0.3) is 0 Å². The highest BCUT2D eigenvalue weighted by Gasteiger charge is 2.22. The van der Waals surface area contributed by atoms with Crippen molar-refractivity contribution in [1.82, 2.24) is 4.90 Å². The quantitative estimate of drug-likeness (QED) is 0.636. The first-order valence-corrected chi connectivity index (χ1v) is 9.17. The van der Waals surface area contributed by atoms with E-state index in [-0.39, 0.29) is 6.04 Å². The molecular formula is C24H29N. The normalized spacial score (nSPS) is 17.2. The minimum Gasteiger partial charge on any atom is -0.370 e. The lowest BCUT2D eigenvalue weighted by Gasteiger charge is -2.32. The van der Waals surface area contributed by atoms with Crippen molar-refractivity contribution in [2.24, 2.45) is 0 Å². The molecule has 0 amide bonds. The molecule has 0 aliphatic carbocycles. The zero-order chi connectivity index (χ0) is 18.1. The molecule has 1 unspecified atom stereocenters. The fraction of sp³-hybridized carbons (Fsp3) is 0.333. The van der Waals surface area contributed by atoms with Crippen molar-refractivity contribution < 1.29 is 0 Å². The molecule has 1 atom stereocenters. The standard InChI is InChI=1S/C24H29N/c1-16(2)24-19(5)12-18(4)14-22(24)23-15-21(10-11-25(23)6)20-9-7-8-17(3)13-20/h7-16,23H,1-6H3. The summed E-state index contributed by atoms with van der Waals surface area (Å²) >= 11 is 0. The highest BCUT2D eigenvalue weighted by atomic mass is 15.1. The Morgan fingerprint density at radius 2 is 1.72 bits per heavy atom. The third kappa shape index (κ3) is 3.56. The lowest BCUT2D eigenvalue weighted by atomic mass is 9.85. The van der Waals surface area contributed by atoms with Crippen molar-refractivity contribution in [3.05, 3.63) is 88.1 Å². The first-order chi connectivity index (χ1) is 11.9. The average molecular weight is 332 g/mol. The molecule has 0 spiro atoms. The molecule has 2 aromatic rings. The fourth-order valence-corrected chi connectivity index (χ4v) is 4.01. The molecule has 130 valence electrons. The Morgan fingerprint density at radius 1 is 0.960 bits per heavy atom. The van der Waals surface area contributed by atoms with E-state index in [4.69, 9.17) is 0 Å². The number of benzene rings is 2.